The van der Waals surface area contributed by atoms with E-state index in [0.717, 1.165) is 24.3 Å². The molecule has 3 nitrogen and oxygen atoms in total. The topological polar surface area (TPSA) is 38.3 Å². The van der Waals surface area contributed by atoms with Gasteiger partial charge < -0.3 is 10.1 Å². The summed E-state index contributed by atoms with van der Waals surface area (Å²) in [6.45, 7) is 0. The van der Waals surface area contributed by atoms with Crippen molar-refractivity contribution in [3.05, 3.63) is 60.2 Å². The molecule has 0 radical (unpaired) electrons. The zero-order valence-electron chi connectivity index (χ0n) is 12.8. The van der Waals surface area contributed by atoms with E-state index in [1.54, 1.807) is 7.11 Å². The number of carbonyl (C=O) groups is 1. The van der Waals surface area contributed by atoms with Gasteiger partial charge in [-0.3, -0.25) is 4.79 Å². The van der Waals surface area contributed by atoms with Gasteiger partial charge in [-0.1, -0.05) is 30.3 Å². The van der Waals surface area contributed by atoms with Crippen LogP contribution in [0.25, 0.3) is 0 Å². The summed E-state index contributed by atoms with van der Waals surface area (Å²) < 4.78 is 5.19. The summed E-state index contributed by atoms with van der Waals surface area (Å²) in [6.07, 6.45) is 2.66. The summed E-state index contributed by atoms with van der Waals surface area (Å²) in [6, 6.07) is 18.1. The van der Waals surface area contributed by atoms with Crippen LogP contribution in [0, 0.1) is 5.92 Å². The Balaban J connectivity index is 1.86. The molecule has 2 unspecified atom stereocenters. The van der Waals surface area contributed by atoms with Gasteiger partial charge in [0, 0.05) is 18.0 Å². The lowest BCUT2D eigenvalue weighted by molar-refractivity contribution is -0.121. The highest BCUT2D eigenvalue weighted by atomic mass is 16.5. The Labute approximate surface area is 131 Å². The smallest absolute Gasteiger partial charge is 0.138 e. The van der Waals surface area contributed by atoms with E-state index < -0.39 is 0 Å². The molecule has 1 aliphatic rings. The number of Topliss-reactive ketones (excluding diaryl/α,β-unsaturated/α-hetero) is 1. The van der Waals surface area contributed by atoms with E-state index in [2.05, 4.69) is 17.4 Å². The van der Waals surface area contributed by atoms with Gasteiger partial charge in [0.2, 0.25) is 0 Å². The summed E-state index contributed by atoms with van der Waals surface area (Å²) in [5.41, 5.74) is 2.17. The minimum atomic E-state index is 0.0320. The number of ketones is 1. The van der Waals surface area contributed by atoms with Crippen molar-refractivity contribution >= 4 is 11.5 Å². The number of hydrogen-bond donors (Lipinski definition) is 1. The van der Waals surface area contributed by atoms with Gasteiger partial charge in [0.15, 0.2) is 0 Å². The Morgan fingerprint density at radius 3 is 2.41 bits per heavy atom. The Bertz CT molecular complexity index is 622. The number of nitrogens with one attached hydrogen (secondary N) is 1. The quantitative estimate of drug-likeness (QED) is 0.897. The van der Waals surface area contributed by atoms with Crippen LogP contribution in [-0.2, 0) is 4.79 Å². The first-order valence-electron chi connectivity index (χ1n) is 7.76. The maximum atomic E-state index is 12.2. The second-order valence-corrected chi connectivity index (χ2v) is 5.73. The maximum absolute atomic E-state index is 12.2. The summed E-state index contributed by atoms with van der Waals surface area (Å²) in [7, 11) is 1.66. The minimum absolute atomic E-state index is 0.0320. The Morgan fingerprint density at radius 1 is 1.09 bits per heavy atom. The summed E-state index contributed by atoms with van der Waals surface area (Å²) in [5, 5.41) is 3.54. The van der Waals surface area contributed by atoms with Crippen LogP contribution < -0.4 is 10.1 Å². The lowest BCUT2D eigenvalue weighted by Gasteiger charge is -2.25. The average molecular weight is 295 g/mol. The number of benzene rings is 2. The highest BCUT2D eigenvalue weighted by Crippen LogP contribution is 2.36. The predicted molar refractivity (Wildman–Crippen MR) is 88.1 cm³/mol. The predicted octanol–water partition coefficient (Wildman–Crippen LogP) is 4.22. The molecule has 0 bridgehead atoms. The first kappa shape index (κ1) is 14.6. The third kappa shape index (κ3) is 3.14. The molecule has 3 rings (SSSR count). The van der Waals surface area contributed by atoms with Crippen LogP contribution in [0.3, 0.4) is 0 Å². The molecule has 2 atom stereocenters. The van der Waals surface area contributed by atoms with Crippen LogP contribution >= 0.6 is 0 Å². The Hall–Kier alpha value is -2.29. The monoisotopic (exact) mass is 295 g/mol. The Morgan fingerprint density at radius 2 is 1.82 bits per heavy atom. The first-order valence-corrected chi connectivity index (χ1v) is 7.76. The van der Waals surface area contributed by atoms with Gasteiger partial charge in [0.1, 0.15) is 11.5 Å². The minimum Gasteiger partial charge on any atom is -0.497 e. The van der Waals surface area contributed by atoms with Crippen molar-refractivity contribution in [2.24, 2.45) is 5.92 Å². The van der Waals surface area contributed by atoms with E-state index in [-0.39, 0.29) is 12.0 Å². The molecule has 0 saturated heterocycles. The van der Waals surface area contributed by atoms with Crippen LogP contribution in [0.15, 0.2) is 54.6 Å². The molecule has 22 heavy (non-hydrogen) atoms. The van der Waals surface area contributed by atoms with Crippen LogP contribution in [0.2, 0.25) is 0 Å². The molecular weight excluding hydrogens is 274 g/mol. The summed E-state index contributed by atoms with van der Waals surface area (Å²) in [4.78, 5) is 12.2. The van der Waals surface area contributed by atoms with Crippen molar-refractivity contribution in [2.75, 3.05) is 12.4 Å². The van der Waals surface area contributed by atoms with Crippen molar-refractivity contribution in [3.8, 4) is 5.75 Å². The van der Waals surface area contributed by atoms with Gasteiger partial charge in [-0.15, -0.1) is 0 Å². The molecule has 0 spiro atoms. The van der Waals surface area contributed by atoms with Gasteiger partial charge in [0.25, 0.3) is 0 Å². The molecule has 1 N–H and O–H groups in total. The van der Waals surface area contributed by atoms with Crippen LogP contribution in [0.5, 0.6) is 5.75 Å². The normalized spacial score (nSPS) is 19.0. The first-order chi connectivity index (χ1) is 10.8. The number of rotatable bonds is 5. The summed E-state index contributed by atoms with van der Waals surface area (Å²) >= 11 is 0. The third-order valence-electron chi connectivity index (χ3n) is 4.33. The molecule has 0 heterocycles. The van der Waals surface area contributed by atoms with E-state index in [1.807, 2.05) is 42.5 Å². The molecule has 0 aromatic heterocycles. The average Bonchev–Trinajstić information content (AvgIpc) is 3.00. The molecule has 0 aliphatic heterocycles. The molecule has 114 valence electrons. The number of carbonyl (C=O) groups excluding carboxylic acids is 1. The number of hydrogen-bond acceptors (Lipinski definition) is 3. The zero-order chi connectivity index (χ0) is 15.4. The van der Waals surface area contributed by atoms with Crippen molar-refractivity contribution in [1.29, 1.82) is 0 Å². The molecular formula is C19H21NO2. The molecule has 2 aromatic carbocycles. The number of ether oxygens (including phenoxy) is 1. The molecule has 2 aromatic rings. The highest BCUT2D eigenvalue weighted by molar-refractivity contribution is 5.84. The largest absolute Gasteiger partial charge is 0.497 e. The van der Waals surface area contributed by atoms with Crippen LogP contribution in [0.1, 0.15) is 30.9 Å². The van der Waals surface area contributed by atoms with Crippen molar-refractivity contribution in [3.63, 3.8) is 0 Å². The highest BCUT2D eigenvalue weighted by Gasteiger charge is 2.33. The van der Waals surface area contributed by atoms with Gasteiger partial charge in [0.05, 0.1) is 13.2 Å². The van der Waals surface area contributed by atoms with Gasteiger partial charge in [-0.2, -0.15) is 0 Å². The lowest BCUT2D eigenvalue weighted by Crippen LogP contribution is -2.24. The van der Waals surface area contributed by atoms with Crippen LogP contribution in [-0.4, -0.2) is 12.9 Å². The maximum Gasteiger partial charge on any atom is 0.138 e. The van der Waals surface area contributed by atoms with E-state index in [1.165, 1.54) is 5.56 Å². The standard InChI is InChI=1S/C19H21NO2/c1-22-16-12-10-15(11-13-16)20-19(14-6-3-2-4-7-14)17-8-5-9-18(17)21/h2-4,6-7,10-13,17,19-20H,5,8-9H2,1H3. The second-order valence-electron chi connectivity index (χ2n) is 5.73. The molecule has 0 amide bonds. The van der Waals surface area contributed by atoms with Crippen LogP contribution in [0.4, 0.5) is 5.69 Å². The van der Waals surface area contributed by atoms with Crippen molar-refractivity contribution in [2.45, 2.75) is 25.3 Å². The molecule has 3 heteroatoms. The van der Waals surface area contributed by atoms with Crippen molar-refractivity contribution < 1.29 is 9.53 Å². The van der Waals surface area contributed by atoms with Gasteiger partial charge >= 0.3 is 0 Å². The van der Waals surface area contributed by atoms with E-state index >= 15 is 0 Å². The van der Waals surface area contributed by atoms with Gasteiger partial charge in [-0.25, -0.2) is 0 Å². The summed E-state index contributed by atoms with van der Waals surface area (Å²) in [5.74, 6) is 1.26. The molecule has 1 fully saturated rings. The fourth-order valence-corrected chi connectivity index (χ4v) is 3.14. The number of anilines is 1. The Kier molecular flexibility index (Phi) is 4.42. The third-order valence-corrected chi connectivity index (χ3v) is 4.33. The van der Waals surface area contributed by atoms with E-state index in [9.17, 15) is 4.79 Å². The fourth-order valence-electron chi connectivity index (χ4n) is 3.14. The second kappa shape index (κ2) is 6.65. The van der Waals surface area contributed by atoms with E-state index in [4.69, 9.17) is 4.74 Å². The fraction of sp³-hybridized carbons (Fsp3) is 0.316. The number of methoxy groups -OCH3 is 1. The molecule has 1 saturated carbocycles. The lowest BCUT2D eigenvalue weighted by atomic mass is 9.90. The zero-order valence-corrected chi connectivity index (χ0v) is 12.8. The molecule has 1 aliphatic carbocycles. The van der Waals surface area contributed by atoms with Crippen molar-refractivity contribution in [1.82, 2.24) is 0 Å². The van der Waals surface area contributed by atoms with Gasteiger partial charge in [-0.05, 0) is 42.7 Å². The van der Waals surface area contributed by atoms with E-state index in [0.29, 0.717) is 12.2 Å². The SMILES string of the molecule is COc1ccc(NC(c2ccccc2)C2CCCC2=O)cc1.